The predicted octanol–water partition coefficient (Wildman–Crippen LogP) is 2.08. The van der Waals surface area contributed by atoms with Crippen LogP contribution in [0.25, 0.3) is 0 Å². The van der Waals surface area contributed by atoms with E-state index in [1.165, 1.54) is 19.1 Å². The molecule has 12 heteroatoms. The molecule has 240 valence electrons. The van der Waals surface area contributed by atoms with Gasteiger partial charge < -0.3 is 31.5 Å². The summed E-state index contributed by atoms with van der Waals surface area (Å²) in [4.78, 5) is 75.5. The summed E-state index contributed by atoms with van der Waals surface area (Å²) in [6.07, 6.45) is 0.0552. The van der Waals surface area contributed by atoms with Crippen molar-refractivity contribution in [3.8, 4) is 5.75 Å². The maximum absolute atomic E-state index is 13.5. The second-order valence-electron chi connectivity index (χ2n) is 12.1. The van der Waals surface area contributed by atoms with Crippen molar-refractivity contribution >= 4 is 35.4 Å². The summed E-state index contributed by atoms with van der Waals surface area (Å²) in [5.74, 6) is -4.01. The molecule has 6 N–H and O–H groups in total. The van der Waals surface area contributed by atoms with Gasteiger partial charge in [0.15, 0.2) is 5.78 Å². The van der Waals surface area contributed by atoms with Crippen LogP contribution in [0, 0.1) is 17.8 Å². The first-order valence-electron chi connectivity index (χ1n) is 14.7. The highest BCUT2D eigenvalue weighted by Gasteiger charge is 2.32. The van der Waals surface area contributed by atoms with Gasteiger partial charge in [0.1, 0.15) is 23.9 Å². The lowest BCUT2D eigenvalue weighted by atomic mass is 9.97. The molecule has 1 aromatic rings. The van der Waals surface area contributed by atoms with E-state index in [2.05, 4.69) is 21.3 Å². The highest BCUT2D eigenvalue weighted by atomic mass is 16.4. The number of phenolic OH excluding ortho intramolecular Hbond substituents is 1. The molecule has 4 atom stereocenters. The third-order valence-electron chi connectivity index (χ3n) is 6.70. The Balaban J connectivity index is 3.07. The van der Waals surface area contributed by atoms with Gasteiger partial charge in [-0.2, -0.15) is 0 Å². The fraction of sp³-hybridized carbons (Fsp3) is 0.613. The van der Waals surface area contributed by atoms with Crippen molar-refractivity contribution in [3.05, 3.63) is 29.8 Å². The number of nitrogens with one attached hydrogen (secondary N) is 4. The molecule has 0 saturated heterocycles. The number of carboxylic acid groups (broad SMARTS) is 1. The Hall–Kier alpha value is -3.96. The van der Waals surface area contributed by atoms with E-state index in [-0.39, 0.29) is 61.4 Å². The summed E-state index contributed by atoms with van der Waals surface area (Å²) in [6, 6.07) is 2.41. The minimum absolute atomic E-state index is 0.0107. The van der Waals surface area contributed by atoms with Crippen molar-refractivity contribution in [2.45, 2.75) is 105 Å². The van der Waals surface area contributed by atoms with Crippen LogP contribution in [0.4, 0.5) is 0 Å². The van der Waals surface area contributed by atoms with Crippen molar-refractivity contribution in [2.75, 3.05) is 0 Å². The van der Waals surface area contributed by atoms with Gasteiger partial charge in [-0.1, -0.05) is 53.7 Å². The minimum Gasteiger partial charge on any atom is -0.508 e. The first-order chi connectivity index (χ1) is 20.0. The normalized spacial score (nSPS) is 14.0. The van der Waals surface area contributed by atoms with E-state index in [9.17, 15) is 33.9 Å². The maximum Gasteiger partial charge on any atom is 0.303 e. The van der Waals surface area contributed by atoms with E-state index in [4.69, 9.17) is 5.11 Å². The van der Waals surface area contributed by atoms with Crippen LogP contribution in [0.3, 0.4) is 0 Å². The molecule has 0 aliphatic carbocycles. The molecule has 1 rings (SSSR count). The summed E-state index contributed by atoms with van der Waals surface area (Å²) in [5, 5.41) is 29.1. The van der Waals surface area contributed by atoms with Crippen molar-refractivity contribution in [3.63, 3.8) is 0 Å². The van der Waals surface area contributed by atoms with Gasteiger partial charge in [0.25, 0.3) is 0 Å². The molecule has 0 aromatic heterocycles. The van der Waals surface area contributed by atoms with Gasteiger partial charge in [0.05, 0.1) is 12.5 Å². The number of Topliss-reactive ketones (excluding diaryl/α,β-unsaturated/α-hetero) is 1. The lowest BCUT2D eigenvalue weighted by Gasteiger charge is -2.29. The molecule has 0 aliphatic heterocycles. The summed E-state index contributed by atoms with van der Waals surface area (Å²) >= 11 is 0. The first-order valence-corrected chi connectivity index (χ1v) is 14.7. The molecule has 0 spiro atoms. The van der Waals surface area contributed by atoms with Crippen molar-refractivity contribution in [1.82, 2.24) is 21.3 Å². The van der Waals surface area contributed by atoms with E-state index >= 15 is 0 Å². The van der Waals surface area contributed by atoms with Crippen LogP contribution in [-0.2, 0) is 35.2 Å². The van der Waals surface area contributed by atoms with E-state index < -0.39 is 53.8 Å². The Bertz CT molecular complexity index is 1120. The second kappa shape index (κ2) is 17.9. The second-order valence-corrected chi connectivity index (χ2v) is 12.1. The summed E-state index contributed by atoms with van der Waals surface area (Å²) < 4.78 is 0. The first kappa shape index (κ1) is 37.1. The van der Waals surface area contributed by atoms with Crippen LogP contribution >= 0.6 is 0 Å². The molecule has 0 radical (unpaired) electrons. The summed E-state index contributed by atoms with van der Waals surface area (Å²) in [7, 11) is 0. The Morgan fingerprint density at radius 2 is 1.16 bits per heavy atom. The number of aliphatic carboxylic acids is 1. The van der Waals surface area contributed by atoms with Crippen LogP contribution in [0.2, 0.25) is 0 Å². The quantitative estimate of drug-likeness (QED) is 0.147. The molecular formula is C31H48N4O8. The molecule has 1 aromatic carbocycles. The lowest BCUT2D eigenvalue weighted by Crippen LogP contribution is -2.59. The highest BCUT2D eigenvalue weighted by molar-refractivity contribution is 5.95. The van der Waals surface area contributed by atoms with Gasteiger partial charge >= 0.3 is 5.97 Å². The third-order valence-corrected chi connectivity index (χ3v) is 6.70. The molecule has 0 heterocycles. The van der Waals surface area contributed by atoms with Crippen LogP contribution in [-0.4, -0.2) is 69.8 Å². The predicted molar refractivity (Wildman–Crippen MR) is 161 cm³/mol. The molecule has 12 nitrogen and oxygen atoms in total. The number of carbonyl (C=O) groups excluding carboxylic acids is 5. The number of rotatable bonds is 18. The molecule has 0 aliphatic rings. The zero-order valence-corrected chi connectivity index (χ0v) is 26.2. The van der Waals surface area contributed by atoms with Crippen LogP contribution in [0.15, 0.2) is 24.3 Å². The minimum atomic E-state index is -1.13. The molecule has 4 amide bonds. The van der Waals surface area contributed by atoms with E-state index in [0.29, 0.717) is 0 Å². The number of hydrogen-bond acceptors (Lipinski definition) is 7. The Morgan fingerprint density at radius 1 is 0.674 bits per heavy atom. The van der Waals surface area contributed by atoms with Gasteiger partial charge in [-0.3, -0.25) is 28.8 Å². The number of aromatic hydroxyl groups is 1. The number of hydrogen-bond donors (Lipinski definition) is 6. The van der Waals surface area contributed by atoms with Crippen molar-refractivity contribution < 1.29 is 39.0 Å². The Morgan fingerprint density at radius 3 is 1.63 bits per heavy atom. The number of carbonyl (C=O) groups is 6. The molecular weight excluding hydrogens is 556 g/mol. The lowest BCUT2D eigenvalue weighted by molar-refractivity contribution is -0.139. The largest absolute Gasteiger partial charge is 0.508 e. The van der Waals surface area contributed by atoms with Crippen LogP contribution < -0.4 is 21.3 Å². The fourth-order valence-electron chi connectivity index (χ4n) is 4.38. The SMILES string of the molecule is CC(=O)[C@H](Cc1ccc(O)cc1)NC(=O)C(NC(=O)[C@H](CC(C)C)NC(=O)[C@H](CC(C)C)NC(=O)CCC(=O)O)C(C)C. The number of phenols is 1. The summed E-state index contributed by atoms with van der Waals surface area (Å²) in [6.45, 7) is 12.3. The topological polar surface area (TPSA) is 191 Å². The van der Waals surface area contributed by atoms with Crippen LogP contribution in [0.5, 0.6) is 5.75 Å². The van der Waals surface area contributed by atoms with Gasteiger partial charge in [0.2, 0.25) is 23.6 Å². The molecule has 0 bridgehead atoms. The zero-order chi connectivity index (χ0) is 32.9. The average molecular weight is 605 g/mol. The van der Waals surface area contributed by atoms with Gasteiger partial charge in [-0.25, -0.2) is 0 Å². The Kier molecular flexibility index (Phi) is 15.4. The number of benzene rings is 1. The van der Waals surface area contributed by atoms with Gasteiger partial charge in [-0.05, 0) is 61.6 Å². The number of carboxylic acids is 1. The van der Waals surface area contributed by atoms with Gasteiger partial charge in [0, 0.05) is 6.42 Å². The van der Waals surface area contributed by atoms with Crippen LogP contribution in [0.1, 0.15) is 79.7 Å². The molecule has 1 unspecified atom stereocenters. The van der Waals surface area contributed by atoms with E-state index in [0.717, 1.165) is 5.56 Å². The van der Waals surface area contributed by atoms with E-state index in [1.54, 1.807) is 26.0 Å². The third kappa shape index (κ3) is 14.2. The van der Waals surface area contributed by atoms with Crippen molar-refractivity contribution in [1.29, 1.82) is 0 Å². The fourth-order valence-corrected chi connectivity index (χ4v) is 4.38. The maximum atomic E-state index is 13.5. The number of amides is 4. The standard InChI is InChI=1S/C31H48N4O8/c1-17(2)14-24(32-26(38)12-13-27(39)40)29(41)34-25(15-18(3)4)30(42)35-28(19(5)6)31(43)33-23(20(7)36)16-21-8-10-22(37)11-9-21/h8-11,17-19,23-25,28,37H,12-16H2,1-7H3,(H,32,38)(H,33,43)(H,34,41)(H,35,42)(H,39,40)/t23-,24-,25-,28?/m0/s1. The Labute approximate surface area is 253 Å². The van der Waals surface area contributed by atoms with Crippen molar-refractivity contribution in [2.24, 2.45) is 17.8 Å². The summed E-state index contributed by atoms with van der Waals surface area (Å²) in [5.41, 5.74) is 0.731. The molecule has 43 heavy (non-hydrogen) atoms. The smallest absolute Gasteiger partial charge is 0.303 e. The monoisotopic (exact) mass is 604 g/mol. The highest BCUT2D eigenvalue weighted by Crippen LogP contribution is 2.14. The molecule has 0 saturated carbocycles. The average Bonchev–Trinajstić information content (AvgIpc) is 2.89. The number of ketones is 1. The van der Waals surface area contributed by atoms with Gasteiger partial charge in [-0.15, -0.1) is 0 Å². The molecule has 0 fully saturated rings. The zero-order valence-electron chi connectivity index (χ0n) is 26.2. The van der Waals surface area contributed by atoms with E-state index in [1.807, 2.05) is 27.7 Å².